The summed E-state index contributed by atoms with van der Waals surface area (Å²) in [6.07, 6.45) is 5.22. The maximum absolute atomic E-state index is 11.0. The van der Waals surface area contributed by atoms with Gasteiger partial charge in [0.05, 0.1) is 11.1 Å². The van der Waals surface area contributed by atoms with E-state index in [2.05, 4.69) is 5.16 Å². The Balaban J connectivity index is 2.38. The van der Waals surface area contributed by atoms with Crippen LogP contribution in [0.1, 0.15) is 45.4 Å². The zero-order chi connectivity index (χ0) is 10.4. The van der Waals surface area contributed by atoms with Gasteiger partial charge >= 0.3 is 5.97 Å². The molecule has 3 nitrogen and oxygen atoms in total. The summed E-state index contributed by atoms with van der Waals surface area (Å²) in [7, 11) is 0. The Hall–Kier alpha value is -0.570. The lowest BCUT2D eigenvalue weighted by molar-refractivity contribution is -0.143. The number of hydrogen-bond donors (Lipinski definition) is 0. The summed E-state index contributed by atoms with van der Waals surface area (Å²) < 4.78 is 0. The van der Waals surface area contributed by atoms with Crippen molar-refractivity contribution in [1.82, 2.24) is 0 Å². The molecule has 0 aromatic heterocycles. The number of hydrogen-bond acceptors (Lipinski definition) is 3. The van der Waals surface area contributed by atoms with E-state index in [0.717, 1.165) is 37.8 Å². The highest BCUT2D eigenvalue weighted by atomic mass is 35.5. The smallest absolute Gasteiger partial charge is 0.318 e. The van der Waals surface area contributed by atoms with Gasteiger partial charge in [0.2, 0.25) is 0 Å². The molecule has 0 N–H and O–H groups in total. The number of nitrogens with zero attached hydrogens (tertiary/aromatic N) is 1. The monoisotopic (exact) mass is 217 g/mol. The van der Waals surface area contributed by atoms with Crippen LogP contribution in [0.3, 0.4) is 0 Å². The van der Waals surface area contributed by atoms with Crippen LogP contribution in [0, 0.1) is 0 Å². The molecule has 0 bridgehead atoms. The van der Waals surface area contributed by atoms with Crippen molar-refractivity contribution in [2.24, 2.45) is 5.16 Å². The van der Waals surface area contributed by atoms with Crippen molar-refractivity contribution in [3.8, 4) is 0 Å². The lowest BCUT2D eigenvalue weighted by atomic mass is 9.98. The minimum Gasteiger partial charge on any atom is -0.318 e. The Morgan fingerprint density at radius 2 is 2.43 bits per heavy atom. The lowest BCUT2D eigenvalue weighted by Gasteiger charge is -2.17. The van der Waals surface area contributed by atoms with Crippen molar-refractivity contribution in [2.75, 3.05) is 0 Å². The van der Waals surface area contributed by atoms with Gasteiger partial charge in [-0.2, -0.15) is 0 Å². The van der Waals surface area contributed by atoms with E-state index in [0.29, 0.717) is 6.42 Å². The molecule has 0 amide bonds. The van der Waals surface area contributed by atoms with Gasteiger partial charge in [0, 0.05) is 6.42 Å². The Labute approximate surface area is 89.4 Å². The van der Waals surface area contributed by atoms with Gasteiger partial charge in [-0.05, 0) is 25.7 Å². The predicted octanol–water partition coefficient (Wildman–Crippen LogP) is 2.87. The van der Waals surface area contributed by atoms with E-state index < -0.39 is 0 Å². The summed E-state index contributed by atoms with van der Waals surface area (Å²) in [4.78, 5) is 15.8. The molecule has 1 unspecified atom stereocenters. The van der Waals surface area contributed by atoms with Crippen LogP contribution in [0.5, 0.6) is 0 Å². The number of carbonyl (C=O) groups excluding carboxylic acids is 1. The average Bonchev–Trinajstić information content (AvgIpc) is 2.17. The van der Waals surface area contributed by atoms with Gasteiger partial charge in [-0.3, -0.25) is 0 Å². The topological polar surface area (TPSA) is 38.7 Å². The van der Waals surface area contributed by atoms with Crippen molar-refractivity contribution in [1.29, 1.82) is 0 Å². The van der Waals surface area contributed by atoms with Crippen LogP contribution in [0.2, 0.25) is 0 Å². The normalized spacial score (nSPS) is 25.0. The Morgan fingerprint density at radius 3 is 3.07 bits per heavy atom. The second-order valence-electron chi connectivity index (χ2n) is 3.51. The van der Waals surface area contributed by atoms with Gasteiger partial charge < -0.3 is 4.84 Å². The summed E-state index contributed by atoms with van der Waals surface area (Å²) in [5.41, 5.74) is 0.822. The van der Waals surface area contributed by atoms with Crippen molar-refractivity contribution in [3.63, 3.8) is 0 Å². The van der Waals surface area contributed by atoms with E-state index in [1.54, 1.807) is 0 Å². The molecule has 0 heterocycles. The van der Waals surface area contributed by atoms with Gasteiger partial charge in [0.25, 0.3) is 0 Å². The minimum atomic E-state index is -0.269. The highest BCUT2D eigenvalue weighted by Crippen LogP contribution is 2.20. The molecule has 14 heavy (non-hydrogen) atoms. The quantitative estimate of drug-likeness (QED) is 0.414. The first kappa shape index (κ1) is 11.5. The van der Waals surface area contributed by atoms with Crippen LogP contribution in [0.4, 0.5) is 0 Å². The van der Waals surface area contributed by atoms with Gasteiger partial charge in [-0.25, -0.2) is 4.79 Å². The Bertz CT molecular complexity index is 228. The van der Waals surface area contributed by atoms with E-state index >= 15 is 0 Å². The number of alkyl halides is 1. The summed E-state index contributed by atoms with van der Waals surface area (Å²) in [6.45, 7) is 1.93. The fraction of sp³-hybridized carbons (Fsp3) is 0.800. The molecule has 0 aromatic rings. The third kappa shape index (κ3) is 3.66. The molecule has 0 radical (unpaired) electrons. The van der Waals surface area contributed by atoms with Crippen molar-refractivity contribution >= 4 is 23.3 Å². The molecule has 1 rings (SSSR count). The van der Waals surface area contributed by atoms with E-state index in [1.807, 2.05) is 6.92 Å². The molecule has 1 fully saturated rings. The minimum absolute atomic E-state index is 0.0434. The highest BCUT2D eigenvalue weighted by molar-refractivity contribution is 6.32. The van der Waals surface area contributed by atoms with Crippen LogP contribution in [-0.4, -0.2) is 17.1 Å². The largest absolute Gasteiger partial charge is 0.335 e. The van der Waals surface area contributed by atoms with Gasteiger partial charge in [0.1, 0.15) is 0 Å². The summed E-state index contributed by atoms with van der Waals surface area (Å²) in [6, 6.07) is 0. The molecule has 4 heteroatoms. The molecule has 1 aliphatic carbocycles. The number of carbonyl (C=O) groups is 1. The van der Waals surface area contributed by atoms with Gasteiger partial charge in [-0.15, -0.1) is 11.6 Å². The number of oxime groups is 1. The molecule has 80 valence electrons. The molecule has 1 atom stereocenters. The van der Waals surface area contributed by atoms with E-state index in [4.69, 9.17) is 16.4 Å². The fourth-order valence-electron chi connectivity index (χ4n) is 1.42. The lowest BCUT2D eigenvalue weighted by Crippen LogP contribution is -2.20. The zero-order valence-corrected chi connectivity index (χ0v) is 9.22. The summed E-state index contributed by atoms with van der Waals surface area (Å²) in [5.74, 6) is -0.269. The third-order valence-electron chi connectivity index (χ3n) is 2.22. The molecular formula is C10H16ClNO2. The van der Waals surface area contributed by atoms with E-state index in [9.17, 15) is 4.79 Å². The van der Waals surface area contributed by atoms with E-state index in [-0.39, 0.29) is 11.3 Å². The standard InChI is InChI=1S/C10H16ClNO2/c1-2-5-10(13)14-12-9-7-4-3-6-8(9)11/h8H,2-7H2,1H3. The first-order valence-electron chi connectivity index (χ1n) is 5.14. The van der Waals surface area contributed by atoms with Crippen LogP contribution >= 0.6 is 11.6 Å². The van der Waals surface area contributed by atoms with Crippen LogP contribution < -0.4 is 0 Å². The number of rotatable bonds is 3. The third-order valence-corrected chi connectivity index (χ3v) is 2.69. The second kappa shape index (κ2) is 6.02. The molecule has 0 saturated heterocycles. The molecule has 0 aliphatic heterocycles. The average molecular weight is 218 g/mol. The van der Waals surface area contributed by atoms with Crippen LogP contribution in [-0.2, 0) is 9.63 Å². The van der Waals surface area contributed by atoms with Crippen molar-refractivity contribution < 1.29 is 9.63 Å². The van der Waals surface area contributed by atoms with Crippen molar-refractivity contribution in [3.05, 3.63) is 0 Å². The summed E-state index contributed by atoms with van der Waals surface area (Å²) in [5, 5.41) is 3.77. The maximum Gasteiger partial charge on any atom is 0.335 e. The van der Waals surface area contributed by atoms with Crippen LogP contribution in [0.25, 0.3) is 0 Å². The maximum atomic E-state index is 11.0. The first-order chi connectivity index (χ1) is 6.74. The predicted molar refractivity (Wildman–Crippen MR) is 56.5 cm³/mol. The van der Waals surface area contributed by atoms with Gasteiger partial charge in [0.15, 0.2) is 0 Å². The molecule has 1 aliphatic rings. The second-order valence-corrected chi connectivity index (χ2v) is 4.04. The molecule has 1 saturated carbocycles. The molecule has 0 spiro atoms. The SMILES string of the molecule is CCCC(=O)ON=C1CCCCC1Cl. The zero-order valence-electron chi connectivity index (χ0n) is 8.46. The summed E-state index contributed by atoms with van der Waals surface area (Å²) >= 11 is 6.02. The fourth-order valence-corrected chi connectivity index (χ4v) is 1.72. The highest BCUT2D eigenvalue weighted by Gasteiger charge is 2.18. The van der Waals surface area contributed by atoms with Gasteiger partial charge in [-0.1, -0.05) is 18.5 Å². The number of halogens is 1. The van der Waals surface area contributed by atoms with Crippen LogP contribution in [0.15, 0.2) is 5.16 Å². The molecule has 0 aromatic carbocycles. The molecular weight excluding hydrogens is 202 g/mol. The first-order valence-corrected chi connectivity index (χ1v) is 5.58. The van der Waals surface area contributed by atoms with Crippen molar-refractivity contribution in [2.45, 2.75) is 50.8 Å². The Morgan fingerprint density at radius 1 is 1.64 bits per heavy atom. The Kier molecular flexibility index (Phi) is 4.94. The van der Waals surface area contributed by atoms with E-state index in [1.165, 1.54) is 0 Å².